The van der Waals surface area contributed by atoms with Crippen LogP contribution in [0.15, 0.2) is 47.5 Å². The zero-order valence-corrected chi connectivity index (χ0v) is 13.7. The molecule has 1 aromatic carbocycles. The maximum absolute atomic E-state index is 12.6. The quantitative estimate of drug-likeness (QED) is 0.589. The number of anilines is 1. The maximum Gasteiger partial charge on any atom is 0.261 e. The molecule has 25 heavy (non-hydrogen) atoms. The van der Waals surface area contributed by atoms with Gasteiger partial charge in [-0.25, -0.2) is 9.50 Å². The summed E-state index contributed by atoms with van der Waals surface area (Å²) in [5, 5.41) is 7.46. The van der Waals surface area contributed by atoms with Crippen molar-refractivity contribution in [2.24, 2.45) is 0 Å². The van der Waals surface area contributed by atoms with Crippen LogP contribution >= 0.6 is 0 Å². The molecule has 0 aliphatic heterocycles. The number of amides is 1. The van der Waals surface area contributed by atoms with E-state index in [1.165, 1.54) is 12.3 Å². The third-order valence-electron chi connectivity index (χ3n) is 3.98. The lowest BCUT2D eigenvalue weighted by atomic mass is 10.1. The Kier molecular flexibility index (Phi) is 3.35. The van der Waals surface area contributed by atoms with Crippen molar-refractivity contribution >= 4 is 28.1 Å². The Hall–Kier alpha value is -3.48. The molecular formula is C18H15N5O2. The smallest absolute Gasteiger partial charge is 0.261 e. The fourth-order valence-corrected chi connectivity index (χ4v) is 2.78. The molecule has 0 atom stereocenters. The van der Waals surface area contributed by atoms with Crippen molar-refractivity contribution in [3.05, 3.63) is 69.9 Å². The SMILES string of the molecule is Cc1ccn2ncc(C(=O)Nc3ccc4[nH]c(C)cc(=O)c4c3)c2n1. The zero-order chi connectivity index (χ0) is 17.6. The fourth-order valence-electron chi connectivity index (χ4n) is 2.78. The molecule has 3 aromatic heterocycles. The van der Waals surface area contributed by atoms with Crippen molar-refractivity contribution in [3.63, 3.8) is 0 Å². The predicted molar refractivity (Wildman–Crippen MR) is 95.0 cm³/mol. The standard InChI is InChI=1S/C18H15N5O2/c1-10-5-6-23-17(21-10)14(9-19-23)18(25)22-12-3-4-15-13(8-12)16(24)7-11(2)20-15/h3-9H,1-2H3,(H,20,24)(H,22,25). The Balaban J connectivity index is 1.71. The Bertz CT molecular complexity index is 1190. The van der Waals surface area contributed by atoms with Gasteiger partial charge < -0.3 is 10.3 Å². The van der Waals surface area contributed by atoms with E-state index in [4.69, 9.17) is 0 Å². The largest absolute Gasteiger partial charge is 0.358 e. The predicted octanol–water partition coefficient (Wildman–Crippen LogP) is 2.44. The van der Waals surface area contributed by atoms with E-state index in [9.17, 15) is 9.59 Å². The van der Waals surface area contributed by atoms with E-state index in [1.54, 1.807) is 28.9 Å². The fraction of sp³-hybridized carbons (Fsp3) is 0.111. The maximum atomic E-state index is 12.6. The van der Waals surface area contributed by atoms with Crippen LogP contribution in [0.3, 0.4) is 0 Å². The van der Waals surface area contributed by atoms with E-state index in [1.807, 2.05) is 19.9 Å². The summed E-state index contributed by atoms with van der Waals surface area (Å²) in [4.78, 5) is 32.2. The molecule has 2 N–H and O–H groups in total. The third kappa shape index (κ3) is 2.65. The molecule has 0 bridgehead atoms. The highest BCUT2D eigenvalue weighted by Gasteiger charge is 2.14. The van der Waals surface area contributed by atoms with E-state index in [0.29, 0.717) is 22.3 Å². The first kappa shape index (κ1) is 15.1. The molecule has 0 spiro atoms. The Morgan fingerprint density at radius 1 is 1.20 bits per heavy atom. The van der Waals surface area contributed by atoms with Crippen LogP contribution in [-0.4, -0.2) is 25.5 Å². The number of benzene rings is 1. The normalized spacial score (nSPS) is 11.1. The van der Waals surface area contributed by atoms with Gasteiger partial charge >= 0.3 is 0 Å². The summed E-state index contributed by atoms with van der Waals surface area (Å²) in [5.41, 5.74) is 3.65. The van der Waals surface area contributed by atoms with Crippen LogP contribution in [-0.2, 0) is 0 Å². The van der Waals surface area contributed by atoms with Crippen molar-refractivity contribution in [2.45, 2.75) is 13.8 Å². The average molecular weight is 333 g/mol. The van der Waals surface area contributed by atoms with Gasteiger partial charge in [0.25, 0.3) is 5.91 Å². The lowest BCUT2D eigenvalue weighted by molar-refractivity contribution is 0.102. The molecule has 0 fully saturated rings. The van der Waals surface area contributed by atoms with Crippen LogP contribution in [0.25, 0.3) is 16.6 Å². The molecule has 0 unspecified atom stereocenters. The van der Waals surface area contributed by atoms with Gasteiger partial charge in [-0.05, 0) is 38.1 Å². The van der Waals surface area contributed by atoms with E-state index < -0.39 is 0 Å². The van der Waals surface area contributed by atoms with Crippen molar-refractivity contribution in [1.29, 1.82) is 0 Å². The average Bonchev–Trinajstić information content (AvgIpc) is 2.98. The minimum atomic E-state index is -0.323. The zero-order valence-electron chi connectivity index (χ0n) is 13.7. The number of nitrogens with zero attached hydrogens (tertiary/aromatic N) is 3. The van der Waals surface area contributed by atoms with Gasteiger partial charge in [0.1, 0.15) is 5.56 Å². The van der Waals surface area contributed by atoms with Gasteiger partial charge in [-0.15, -0.1) is 0 Å². The number of H-pyrrole nitrogens is 1. The number of fused-ring (bicyclic) bond motifs is 2. The molecular weight excluding hydrogens is 318 g/mol. The molecule has 7 nitrogen and oxygen atoms in total. The van der Waals surface area contributed by atoms with Gasteiger partial charge in [0.15, 0.2) is 11.1 Å². The van der Waals surface area contributed by atoms with Gasteiger partial charge in [-0.3, -0.25) is 9.59 Å². The van der Waals surface area contributed by atoms with Gasteiger partial charge in [0, 0.05) is 40.2 Å². The highest BCUT2D eigenvalue weighted by molar-refractivity contribution is 6.08. The first-order chi connectivity index (χ1) is 12.0. The Morgan fingerprint density at radius 2 is 2.04 bits per heavy atom. The second-order valence-electron chi connectivity index (χ2n) is 5.93. The van der Waals surface area contributed by atoms with Gasteiger partial charge in [-0.2, -0.15) is 5.10 Å². The van der Waals surface area contributed by atoms with Gasteiger partial charge in [-0.1, -0.05) is 0 Å². The molecule has 0 saturated carbocycles. The molecule has 1 amide bonds. The van der Waals surface area contributed by atoms with E-state index in [2.05, 4.69) is 20.4 Å². The number of pyridine rings is 1. The first-order valence-corrected chi connectivity index (χ1v) is 7.77. The van der Waals surface area contributed by atoms with E-state index in [0.717, 1.165) is 16.9 Å². The number of hydrogen-bond donors (Lipinski definition) is 2. The lowest BCUT2D eigenvalue weighted by Crippen LogP contribution is -2.13. The van der Waals surface area contributed by atoms with Crippen LogP contribution in [0.5, 0.6) is 0 Å². The Morgan fingerprint density at radius 3 is 2.88 bits per heavy atom. The summed E-state index contributed by atoms with van der Waals surface area (Å²) in [6, 6.07) is 8.54. The highest BCUT2D eigenvalue weighted by Crippen LogP contribution is 2.17. The first-order valence-electron chi connectivity index (χ1n) is 7.77. The molecule has 0 saturated heterocycles. The summed E-state index contributed by atoms with van der Waals surface area (Å²) in [6.07, 6.45) is 3.24. The second-order valence-corrected chi connectivity index (χ2v) is 5.93. The van der Waals surface area contributed by atoms with E-state index in [-0.39, 0.29) is 11.3 Å². The minimum Gasteiger partial charge on any atom is -0.358 e. The van der Waals surface area contributed by atoms with Gasteiger partial charge in [0.2, 0.25) is 0 Å². The molecule has 0 aliphatic carbocycles. The summed E-state index contributed by atoms with van der Waals surface area (Å²) < 4.78 is 1.55. The number of nitrogens with one attached hydrogen (secondary N) is 2. The number of aromatic nitrogens is 4. The van der Waals surface area contributed by atoms with Crippen LogP contribution in [0.1, 0.15) is 21.7 Å². The summed E-state index contributed by atoms with van der Waals surface area (Å²) in [6.45, 7) is 3.68. The molecule has 124 valence electrons. The number of aromatic amines is 1. The number of hydrogen-bond acceptors (Lipinski definition) is 4. The highest BCUT2D eigenvalue weighted by atomic mass is 16.1. The van der Waals surface area contributed by atoms with E-state index >= 15 is 0 Å². The summed E-state index contributed by atoms with van der Waals surface area (Å²) in [5.74, 6) is -0.323. The molecule has 3 heterocycles. The number of rotatable bonds is 2. The monoisotopic (exact) mass is 333 g/mol. The van der Waals surface area contributed by atoms with Crippen molar-refractivity contribution in [1.82, 2.24) is 19.6 Å². The van der Waals surface area contributed by atoms with Gasteiger partial charge in [0.05, 0.1) is 6.20 Å². The lowest BCUT2D eigenvalue weighted by Gasteiger charge is -2.06. The van der Waals surface area contributed by atoms with Crippen LogP contribution in [0.4, 0.5) is 5.69 Å². The van der Waals surface area contributed by atoms with Crippen molar-refractivity contribution < 1.29 is 4.79 Å². The summed E-state index contributed by atoms with van der Waals surface area (Å²) in [7, 11) is 0. The third-order valence-corrected chi connectivity index (χ3v) is 3.98. The van der Waals surface area contributed by atoms with Crippen LogP contribution < -0.4 is 10.7 Å². The molecule has 7 heteroatoms. The Labute approximate surface area is 142 Å². The topological polar surface area (TPSA) is 92.2 Å². The summed E-state index contributed by atoms with van der Waals surface area (Å²) >= 11 is 0. The van der Waals surface area contributed by atoms with Crippen LogP contribution in [0.2, 0.25) is 0 Å². The number of carbonyl (C=O) groups is 1. The number of carbonyl (C=O) groups excluding carboxylic acids is 1. The molecule has 0 radical (unpaired) electrons. The number of aryl methyl sites for hydroxylation is 2. The molecule has 4 aromatic rings. The molecule has 0 aliphatic rings. The van der Waals surface area contributed by atoms with Crippen LogP contribution in [0, 0.1) is 13.8 Å². The van der Waals surface area contributed by atoms with Crippen molar-refractivity contribution in [2.75, 3.05) is 5.32 Å². The second kappa shape index (κ2) is 5.55. The minimum absolute atomic E-state index is 0.0874. The van der Waals surface area contributed by atoms with Crippen molar-refractivity contribution in [3.8, 4) is 0 Å². The molecule has 4 rings (SSSR count).